The summed E-state index contributed by atoms with van der Waals surface area (Å²) >= 11 is 1.58. The van der Waals surface area contributed by atoms with Crippen LogP contribution in [-0.4, -0.2) is 41.5 Å². The lowest BCUT2D eigenvalue weighted by Crippen LogP contribution is -2.53. The molecule has 5 nitrogen and oxygen atoms in total. The zero-order chi connectivity index (χ0) is 15.0. The van der Waals surface area contributed by atoms with Crippen LogP contribution in [0.4, 0.5) is 0 Å². The summed E-state index contributed by atoms with van der Waals surface area (Å²) in [6, 6.07) is 1.02. The van der Waals surface area contributed by atoms with Gasteiger partial charge >= 0.3 is 5.97 Å². The normalized spacial score (nSPS) is 29.0. The second-order valence-electron chi connectivity index (χ2n) is 6.13. The van der Waals surface area contributed by atoms with Crippen LogP contribution in [0.5, 0.6) is 0 Å². The number of fused-ring (bicyclic) bond motifs is 1. The first-order valence-electron chi connectivity index (χ1n) is 7.34. The van der Waals surface area contributed by atoms with Crippen LogP contribution in [0.1, 0.15) is 36.2 Å². The summed E-state index contributed by atoms with van der Waals surface area (Å²) in [6.45, 7) is 4.01. The highest BCUT2D eigenvalue weighted by atomic mass is 32.1. The quantitative estimate of drug-likeness (QED) is 0.871. The molecule has 2 aliphatic heterocycles. The van der Waals surface area contributed by atoms with Crippen molar-refractivity contribution < 1.29 is 14.7 Å². The summed E-state index contributed by atoms with van der Waals surface area (Å²) < 4.78 is 0. The van der Waals surface area contributed by atoms with E-state index in [9.17, 15) is 14.7 Å². The maximum Gasteiger partial charge on any atom is 0.331 e. The fraction of sp³-hybridized carbons (Fsp3) is 0.600. The van der Waals surface area contributed by atoms with E-state index in [-0.39, 0.29) is 5.91 Å². The van der Waals surface area contributed by atoms with Crippen LogP contribution in [0.2, 0.25) is 0 Å². The molecule has 1 fully saturated rings. The summed E-state index contributed by atoms with van der Waals surface area (Å²) in [5.74, 6) is -0.964. The van der Waals surface area contributed by atoms with Crippen molar-refractivity contribution >= 4 is 23.2 Å². The Morgan fingerprint density at radius 2 is 2.33 bits per heavy atom. The predicted octanol–water partition coefficient (Wildman–Crippen LogP) is 1.65. The Hall–Kier alpha value is -1.40. The number of piperidine rings is 1. The molecule has 3 heterocycles. The van der Waals surface area contributed by atoms with Gasteiger partial charge in [-0.15, -0.1) is 11.3 Å². The fourth-order valence-corrected chi connectivity index (χ4v) is 4.29. The Labute approximate surface area is 128 Å². The molecule has 0 radical (unpaired) electrons. The molecule has 2 unspecified atom stereocenters. The summed E-state index contributed by atoms with van der Waals surface area (Å²) in [5, 5.41) is 14.8. The number of aliphatic carboxylic acids is 1. The molecule has 2 atom stereocenters. The molecule has 21 heavy (non-hydrogen) atoms. The van der Waals surface area contributed by atoms with E-state index in [0.717, 1.165) is 36.2 Å². The summed E-state index contributed by atoms with van der Waals surface area (Å²) in [5.41, 5.74) is 0.305. The topological polar surface area (TPSA) is 69.6 Å². The molecule has 0 bridgehead atoms. The molecule has 114 valence electrons. The molecule has 1 aromatic heterocycles. The Kier molecular flexibility index (Phi) is 3.75. The van der Waals surface area contributed by atoms with Crippen molar-refractivity contribution in [3.63, 3.8) is 0 Å². The zero-order valence-electron chi connectivity index (χ0n) is 12.1. The number of amides is 1. The number of carboxylic acid groups (broad SMARTS) is 1. The Balaban J connectivity index is 1.90. The maximum atomic E-state index is 12.9. The Morgan fingerprint density at radius 1 is 1.52 bits per heavy atom. The molecule has 2 N–H and O–H groups in total. The van der Waals surface area contributed by atoms with E-state index in [1.807, 2.05) is 18.4 Å². The van der Waals surface area contributed by atoms with Crippen molar-refractivity contribution in [3.8, 4) is 0 Å². The third-order valence-electron chi connectivity index (χ3n) is 4.57. The van der Waals surface area contributed by atoms with E-state index in [2.05, 4.69) is 5.32 Å². The van der Waals surface area contributed by atoms with E-state index in [4.69, 9.17) is 0 Å². The van der Waals surface area contributed by atoms with Crippen molar-refractivity contribution in [1.29, 1.82) is 0 Å². The largest absolute Gasteiger partial charge is 0.479 e. The van der Waals surface area contributed by atoms with E-state index in [1.54, 1.807) is 16.2 Å². The molecule has 3 rings (SSSR count). The molecule has 0 aliphatic carbocycles. The minimum atomic E-state index is -0.935. The van der Waals surface area contributed by atoms with Crippen LogP contribution in [0, 0.1) is 5.41 Å². The molecule has 0 spiro atoms. The molecule has 0 saturated carbocycles. The number of thiophene rings is 1. The van der Waals surface area contributed by atoms with Gasteiger partial charge in [0.1, 0.15) is 0 Å². The van der Waals surface area contributed by atoms with Gasteiger partial charge in [0.15, 0.2) is 6.04 Å². The van der Waals surface area contributed by atoms with Gasteiger partial charge in [0.05, 0.1) is 5.41 Å². The minimum Gasteiger partial charge on any atom is -0.479 e. The van der Waals surface area contributed by atoms with Crippen molar-refractivity contribution in [3.05, 3.63) is 21.9 Å². The first kappa shape index (κ1) is 14.5. The molecule has 2 aliphatic rings. The van der Waals surface area contributed by atoms with Crippen molar-refractivity contribution in [2.45, 2.75) is 32.2 Å². The van der Waals surface area contributed by atoms with Gasteiger partial charge in [0.25, 0.3) is 0 Å². The second-order valence-corrected chi connectivity index (χ2v) is 7.13. The first-order valence-corrected chi connectivity index (χ1v) is 8.22. The number of carbonyl (C=O) groups is 2. The van der Waals surface area contributed by atoms with Crippen molar-refractivity contribution in [2.24, 2.45) is 5.41 Å². The van der Waals surface area contributed by atoms with Gasteiger partial charge in [0, 0.05) is 18.0 Å². The lowest BCUT2D eigenvalue weighted by molar-refractivity contribution is -0.156. The second kappa shape index (κ2) is 5.42. The number of hydrogen-bond acceptors (Lipinski definition) is 4. The first-order chi connectivity index (χ1) is 10.0. The number of rotatable bonds is 2. The summed E-state index contributed by atoms with van der Waals surface area (Å²) in [6.07, 6.45) is 2.53. The highest BCUT2D eigenvalue weighted by Gasteiger charge is 2.44. The fourth-order valence-electron chi connectivity index (χ4n) is 3.39. The van der Waals surface area contributed by atoms with Gasteiger partial charge < -0.3 is 15.3 Å². The van der Waals surface area contributed by atoms with E-state index < -0.39 is 17.4 Å². The van der Waals surface area contributed by atoms with Gasteiger partial charge in [-0.2, -0.15) is 0 Å². The number of hydrogen-bond donors (Lipinski definition) is 2. The molecule has 1 saturated heterocycles. The van der Waals surface area contributed by atoms with Crippen LogP contribution in [-0.2, 0) is 16.0 Å². The predicted molar refractivity (Wildman–Crippen MR) is 80.3 cm³/mol. The monoisotopic (exact) mass is 308 g/mol. The highest BCUT2D eigenvalue weighted by molar-refractivity contribution is 7.10. The van der Waals surface area contributed by atoms with Gasteiger partial charge in [-0.1, -0.05) is 0 Å². The molecule has 1 amide bonds. The van der Waals surface area contributed by atoms with Crippen LogP contribution >= 0.6 is 11.3 Å². The third kappa shape index (κ3) is 2.46. The summed E-state index contributed by atoms with van der Waals surface area (Å²) in [4.78, 5) is 27.3. The molecule has 6 heteroatoms. The SMILES string of the molecule is CC1(C(=O)N2CCc3sccc3C2C(=O)O)CCCNC1. The van der Waals surface area contributed by atoms with E-state index >= 15 is 0 Å². The number of nitrogens with one attached hydrogen (secondary N) is 1. The number of nitrogens with zero attached hydrogens (tertiary/aromatic N) is 1. The standard InChI is InChI=1S/C15H20N2O3S/c1-15(5-2-6-16-9-15)14(20)17-7-3-11-10(4-8-21-11)12(17)13(18)19/h4,8,12,16H,2-3,5-7,9H2,1H3,(H,18,19). The summed E-state index contributed by atoms with van der Waals surface area (Å²) in [7, 11) is 0. The number of carbonyl (C=O) groups excluding carboxylic acids is 1. The lowest BCUT2D eigenvalue weighted by Gasteiger charge is -2.41. The van der Waals surface area contributed by atoms with Gasteiger partial charge in [0.2, 0.25) is 5.91 Å². The average Bonchev–Trinajstić information content (AvgIpc) is 2.94. The minimum absolute atomic E-state index is 0.0287. The number of carboxylic acids is 1. The van der Waals surface area contributed by atoms with Gasteiger partial charge in [-0.25, -0.2) is 4.79 Å². The van der Waals surface area contributed by atoms with Crippen LogP contribution in [0.3, 0.4) is 0 Å². The molecule has 0 aromatic carbocycles. The van der Waals surface area contributed by atoms with Crippen LogP contribution in [0.15, 0.2) is 11.4 Å². The molecular weight excluding hydrogens is 288 g/mol. The maximum absolute atomic E-state index is 12.9. The van der Waals surface area contributed by atoms with E-state index in [1.165, 1.54) is 0 Å². The molecular formula is C15H20N2O3S. The molecule has 1 aromatic rings. The smallest absolute Gasteiger partial charge is 0.331 e. The lowest BCUT2D eigenvalue weighted by atomic mass is 9.80. The van der Waals surface area contributed by atoms with Gasteiger partial charge in [-0.3, -0.25) is 4.79 Å². The zero-order valence-corrected chi connectivity index (χ0v) is 12.9. The van der Waals surface area contributed by atoms with Gasteiger partial charge in [-0.05, 0) is 49.7 Å². The average molecular weight is 308 g/mol. The highest BCUT2D eigenvalue weighted by Crippen LogP contribution is 2.37. The van der Waals surface area contributed by atoms with Crippen LogP contribution in [0.25, 0.3) is 0 Å². The Morgan fingerprint density at radius 3 is 3.00 bits per heavy atom. The van der Waals surface area contributed by atoms with E-state index in [0.29, 0.717) is 13.1 Å². The third-order valence-corrected chi connectivity index (χ3v) is 5.57. The van der Waals surface area contributed by atoms with Crippen molar-refractivity contribution in [1.82, 2.24) is 10.2 Å². The van der Waals surface area contributed by atoms with Crippen LogP contribution < -0.4 is 5.32 Å². The van der Waals surface area contributed by atoms with Crippen molar-refractivity contribution in [2.75, 3.05) is 19.6 Å². The Bertz CT molecular complexity index is 563.